The highest BCUT2D eigenvalue weighted by Gasteiger charge is 2.41. The number of hydrogen-bond acceptors (Lipinski definition) is 2. The second-order valence-electron chi connectivity index (χ2n) is 3.23. The maximum Gasteiger partial charge on any atom is 0.156 e. The average Bonchev–Trinajstić information content (AvgIpc) is 2.35. The molecule has 1 aliphatic carbocycles. The fourth-order valence-corrected chi connectivity index (χ4v) is 1.82. The van der Waals surface area contributed by atoms with Crippen molar-refractivity contribution in [3.05, 3.63) is 0 Å². The fourth-order valence-electron chi connectivity index (χ4n) is 1.82. The van der Waals surface area contributed by atoms with Gasteiger partial charge in [-0.15, -0.1) is 0 Å². The van der Waals surface area contributed by atoms with Gasteiger partial charge in [0.2, 0.25) is 0 Å². The molecule has 1 rings (SSSR count). The minimum absolute atomic E-state index is 0.410. The number of nitriles is 1. The summed E-state index contributed by atoms with van der Waals surface area (Å²) in [5, 5.41) is 8.94. The van der Waals surface area contributed by atoms with Gasteiger partial charge in [0.15, 0.2) is 5.60 Å². The zero-order chi connectivity index (χ0) is 8.32. The van der Waals surface area contributed by atoms with Gasteiger partial charge in [-0.1, -0.05) is 6.92 Å². The summed E-state index contributed by atoms with van der Waals surface area (Å²) >= 11 is 0. The van der Waals surface area contributed by atoms with Crippen molar-refractivity contribution in [2.45, 2.75) is 38.7 Å². The third-order valence-electron chi connectivity index (χ3n) is 2.57. The van der Waals surface area contributed by atoms with Gasteiger partial charge in [0.25, 0.3) is 0 Å². The van der Waals surface area contributed by atoms with Crippen LogP contribution < -0.4 is 0 Å². The van der Waals surface area contributed by atoms with Crippen LogP contribution in [0.1, 0.15) is 33.1 Å². The van der Waals surface area contributed by atoms with E-state index in [0.717, 1.165) is 19.3 Å². The normalized spacial score (nSPS) is 37.0. The molecule has 0 radical (unpaired) electrons. The zero-order valence-electron chi connectivity index (χ0n) is 7.26. The highest BCUT2D eigenvalue weighted by molar-refractivity contribution is 5.08. The summed E-state index contributed by atoms with van der Waals surface area (Å²) in [6, 6.07) is 2.31. The van der Waals surface area contributed by atoms with Crippen LogP contribution in [0.25, 0.3) is 0 Å². The lowest BCUT2D eigenvalue weighted by atomic mass is 9.94. The van der Waals surface area contributed by atoms with Crippen LogP contribution in [0.5, 0.6) is 0 Å². The molecule has 62 valence electrons. The van der Waals surface area contributed by atoms with E-state index in [1.165, 1.54) is 0 Å². The van der Waals surface area contributed by atoms with E-state index in [-0.39, 0.29) is 0 Å². The Balaban J connectivity index is 2.67. The van der Waals surface area contributed by atoms with Crippen molar-refractivity contribution in [1.82, 2.24) is 0 Å². The first kappa shape index (κ1) is 8.55. The maximum atomic E-state index is 8.94. The molecule has 1 fully saturated rings. The molecule has 0 heterocycles. The van der Waals surface area contributed by atoms with E-state index in [9.17, 15) is 0 Å². The molecule has 0 N–H and O–H groups in total. The summed E-state index contributed by atoms with van der Waals surface area (Å²) in [6.45, 7) is 4.70. The summed E-state index contributed by atoms with van der Waals surface area (Å²) in [5.41, 5.74) is -0.450. The molecular formula is C9H15NO. The van der Waals surface area contributed by atoms with Gasteiger partial charge < -0.3 is 4.74 Å². The van der Waals surface area contributed by atoms with Gasteiger partial charge in [0.05, 0.1) is 6.07 Å². The quantitative estimate of drug-likeness (QED) is 0.608. The maximum absolute atomic E-state index is 8.94. The van der Waals surface area contributed by atoms with E-state index < -0.39 is 5.60 Å². The third kappa shape index (κ3) is 1.39. The lowest BCUT2D eigenvalue weighted by molar-refractivity contribution is -0.0174. The van der Waals surface area contributed by atoms with Crippen LogP contribution in [0, 0.1) is 17.2 Å². The molecule has 2 atom stereocenters. The zero-order valence-corrected chi connectivity index (χ0v) is 7.26. The molecule has 0 spiro atoms. The van der Waals surface area contributed by atoms with E-state index in [0.29, 0.717) is 12.5 Å². The molecule has 1 aliphatic rings. The number of ether oxygens (including phenoxy) is 1. The van der Waals surface area contributed by atoms with E-state index in [2.05, 4.69) is 13.0 Å². The monoisotopic (exact) mass is 153 g/mol. The topological polar surface area (TPSA) is 33.0 Å². The molecule has 0 bridgehead atoms. The Bertz CT molecular complexity index is 173. The van der Waals surface area contributed by atoms with Gasteiger partial charge in [-0.3, -0.25) is 0 Å². The molecule has 11 heavy (non-hydrogen) atoms. The third-order valence-corrected chi connectivity index (χ3v) is 2.57. The summed E-state index contributed by atoms with van der Waals surface area (Å²) < 4.78 is 5.49. The largest absolute Gasteiger partial charge is 0.360 e. The standard InChI is InChI=1S/C9H15NO/c1-3-11-9(7-10)6-4-5-8(9)2/h8H,3-6H2,1-2H3. The van der Waals surface area contributed by atoms with Gasteiger partial charge in [-0.25, -0.2) is 0 Å². The van der Waals surface area contributed by atoms with E-state index >= 15 is 0 Å². The van der Waals surface area contributed by atoms with Crippen LogP contribution in [-0.4, -0.2) is 12.2 Å². The SMILES string of the molecule is CCOC1(C#N)CCCC1C. The Morgan fingerprint density at radius 1 is 1.73 bits per heavy atom. The van der Waals surface area contributed by atoms with Crippen molar-refractivity contribution < 1.29 is 4.74 Å². The Hall–Kier alpha value is -0.550. The number of nitrogens with zero attached hydrogens (tertiary/aromatic N) is 1. The Morgan fingerprint density at radius 3 is 2.82 bits per heavy atom. The summed E-state index contributed by atoms with van der Waals surface area (Å²) in [5.74, 6) is 0.410. The van der Waals surface area contributed by atoms with Gasteiger partial charge >= 0.3 is 0 Å². The van der Waals surface area contributed by atoms with Crippen molar-refractivity contribution in [1.29, 1.82) is 5.26 Å². The van der Waals surface area contributed by atoms with Crippen molar-refractivity contribution in [2.24, 2.45) is 5.92 Å². The fraction of sp³-hybridized carbons (Fsp3) is 0.889. The summed E-state index contributed by atoms with van der Waals surface area (Å²) in [7, 11) is 0. The molecule has 0 aromatic heterocycles. The predicted molar refractivity (Wildman–Crippen MR) is 43.0 cm³/mol. The highest BCUT2D eigenvalue weighted by Crippen LogP contribution is 2.37. The van der Waals surface area contributed by atoms with E-state index in [1.54, 1.807) is 0 Å². The lowest BCUT2D eigenvalue weighted by Gasteiger charge is -2.25. The lowest BCUT2D eigenvalue weighted by Crippen LogP contribution is -2.33. The molecule has 0 aromatic carbocycles. The van der Waals surface area contributed by atoms with Gasteiger partial charge in [0.1, 0.15) is 0 Å². The first-order valence-corrected chi connectivity index (χ1v) is 4.30. The van der Waals surface area contributed by atoms with Crippen molar-refractivity contribution >= 4 is 0 Å². The summed E-state index contributed by atoms with van der Waals surface area (Å²) in [4.78, 5) is 0. The second kappa shape index (κ2) is 3.23. The molecule has 0 aromatic rings. The second-order valence-corrected chi connectivity index (χ2v) is 3.23. The van der Waals surface area contributed by atoms with Crippen LogP contribution in [0.2, 0.25) is 0 Å². The predicted octanol–water partition coefficient (Wildman–Crippen LogP) is 2.11. The van der Waals surface area contributed by atoms with Crippen LogP contribution in [0.15, 0.2) is 0 Å². The molecule has 0 aliphatic heterocycles. The first-order valence-electron chi connectivity index (χ1n) is 4.30. The number of rotatable bonds is 2. The minimum atomic E-state index is -0.450. The first-order chi connectivity index (χ1) is 5.25. The highest BCUT2D eigenvalue weighted by atomic mass is 16.5. The number of hydrogen-bond donors (Lipinski definition) is 0. The minimum Gasteiger partial charge on any atom is -0.360 e. The van der Waals surface area contributed by atoms with Gasteiger partial charge in [-0.2, -0.15) is 5.26 Å². The van der Waals surface area contributed by atoms with E-state index in [4.69, 9.17) is 10.00 Å². The van der Waals surface area contributed by atoms with Crippen molar-refractivity contribution in [3.63, 3.8) is 0 Å². The van der Waals surface area contributed by atoms with Crippen LogP contribution in [0.4, 0.5) is 0 Å². The smallest absolute Gasteiger partial charge is 0.156 e. The van der Waals surface area contributed by atoms with E-state index in [1.807, 2.05) is 6.92 Å². The Kier molecular flexibility index (Phi) is 2.51. The molecule has 0 amide bonds. The molecule has 0 saturated heterocycles. The van der Waals surface area contributed by atoms with Crippen LogP contribution >= 0.6 is 0 Å². The average molecular weight is 153 g/mol. The molecular weight excluding hydrogens is 138 g/mol. The van der Waals surface area contributed by atoms with Crippen molar-refractivity contribution in [3.8, 4) is 6.07 Å². The Labute approximate surface area is 68.2 Å². The van der Waals surface area contributed by atoms with Crippen LogP contribution in [0.3, 0.4) is 0 Å². The van der Waals surface area contributed by atoms with Crippen LogP contribution in [-0.2, 0) is 4.74 Å². The van der Waals surface area contributed by atoms with Gasteiger partial charge in [-0.05, 0) is 32.1 Å². The Morgan fingerprint density at radius 2 is 2.45 bits per heavy atom. The molecule has 2 nitrogen and oxygen atoms in total. The summed E-state index contributed by atoms with van der Waals surface area (Å²) in [6.07, 6.45) is 3.18. The molecule has 1 saturated carbocycles. The van der Waals surface area contributed by atoms with Gasteiger partial charge in [0, 0.05) is 6.61 Å². The molecule has 2 heteroatoms. The molecule has 2 unspecified atom stereocenters. The van der Waals surface area contributed by atoms with Crippen molar-refractivity contribution in [2.75, 3.05) is 6.61 Å².